The molecule has 0 saturated heterocycles. The van der Waals surface area contributed by atoms with E-state index in [1.165, 1.54) is 24.3 Å². The van der Waals surface area contributed by atoms with Crippen molar-refractivity contribution in [3.8, 4) is 0 Å². The Morgan fingerprint density at radius 2 is 2.00 bits per heavy atom. The van der Waals surface area contributed by atoms with Gasteiger partial charge >= 0.3 is 0 Å². The normalized spacial score (nSPS) is 19.1. The number of hydrogen-bond acceptors (Lipinski definition) is 1. The minimum absolute atomic E-state index is 0.00505. The van der Waals surface area contributed by atoms with Gasteiger partial charge < -0.3 is 4.90 Å². The molecule has 2 nitrogen and oxygen atoms in total. The van der Waals surface area contributed by atoms with Gasteiger partial charge in [-0.2, -0.15) is 0 Å². The van der Waals surface area contributed by atoms with Gasteiger partial charge in [-0.1, -0.05) is 15.9 Å². The Hall–Kier alpha value is -0.830. The van der Waals surface area contributed by atoms with Gasteiger partial charge in [0, 0.05) is 32.2 Å². The van der Waals surface area contributed by atoms with E-state index in [1.54, 1.807) is 0 Å². The summed E-state index contributed by atoms with van der Waals surface area (Å²) >= 11 is 3.16. The second-order valence-electron chi connectivity index (χ2n) is 2.15. The average molecular weight is 234 g/mol. The van der Waals surface area contributed by atoms with Crippen LogP contribution in [0.4, 0.5) is 0 Å². The van der Waals surface area contributed by atoms with E-state index in [0.29, 0.717) is 4.47 Å². The summed E-state index contributed by atoms with van der Waals surface area (Å²) in [6.07, 6.45) is 0. The average Bonchev–Trinajstić information content (AvgIpc) is 2.13. The van der Waals surface area contributed by atoms with Crippen LogP contribution in [0.25, 0.3) is 0 Å². The molecule has 12 heavy (non-hydrogen) atoms. The number of nitrogens with zero attached hydrogens (tertiary/aromatic N) is 1. The van der Waals surface area contributed by atoms with Crippen molar-refractivity contribution in [3.63, 3.8) is 0 Å². The van der Waals surface area contributed by atoms with E-state index in [2.05, 4.69) is 15.9 Å². The number of amides is 1. The van der Waals surface area contributed by atoms with Crippen LogP contribution >= 0.6 is 15.9 Å². The van der Waals surface area contributed by atoms with Crippen LogP contribution in [0.5, 0.6) is 0 Å². The van der Waals surface area contributed by atoms with Gasteiger partial charge in [-0.15, -0.1) is 0 Å². The van der Waals surface area contributed by atoms with Gasteiger partial charge in [0.15, 0.2) is 0 Å². The molecule has 0 aromatic heterocycles. The van der Waals surface area contributed by atoms with E-state index < -0.39 is 19.9 Å². The van der Waals surface area contributed by atoms with Gasteiger partial charge in [-0.05, 0) is 24.3 Å². The molecule has 0 radical (unpaired) electrons. The van der Waals surface area contributed by atoms with Gasteiger partial charge in [0.1, 0.15) is 0 Å². The first kappa shape index (κ1) is 3.92. The monoisotopic (exact) mass is 233 g/mol. The number of rotatable bonds is 1. The third-order valence-electron chi connectivity index (χ3n) is 1.29. The molecule has 0 aliphatic carbocycles. The molecule has 0 aliphatic rings. The molecule has 0 spiro atoms. The number of hydrogen-bond donors (Lipinski definition) is 0. The van der Waals surface area contributed by atoms with Gasteiger partial charge in [0.05, 0.1) is 0 Å². The molecule has 0 fully saturated rings. The molecule has 0 aliphatic heterocycles. The van der Waals surface area contributed by atoms with E-state index in [0.717, 1.165) is 0 Å². The van der Waals surface area contributed by atoms with Gasteiger partial charge in [-0.3, -0.25) is 4.79 Å². The molecule has 0 saturated carbocycles. The van der Waals surface area contributed by atoms with Crippen LogP contribution in [0.3, 0.4) is 0 Å². The smallest absolute Gasteiger partial charge is 0.253 e. The highest BCUT2D eigenvalue weighted by atomic mass is 79.9. The van der Waals surface area contributed by atoms with Crippen molar-refractivity contribution in [2.75, 3.05) is 14.0 Å². The van der Waals surface area contributed by atoms with Crippen molar-refractivity contribution in [1.82, 2.24) is 4.90 Å². The summed E-state index contributed by atoms with van der Waals surface area (Å²) in [7, 11) is 0. The zero-order valence-electron chi connectivity index (χ0n) is 12.0. The van der Waals surface area contributed by atoms with E-state index in [9.17, 15) is 4.79 Å². The van der Waals surface area contributed by atoms with E-state index in [4.69, 9.17) is 8.22 Å². The van der Waals surface area contributed by atoms with Crippen molar-refractivity contribution in [2.24, 2.45) is 0 Å². The zero-order chi connectivity index (χ0) is 14.1. The summed E-state index contributed by atoms with van der Waals surface area (Å²) in [6, 6.07) is 5.78. The minimum atomic E-state index is -3.02. The first-order valence-corrected chi connectivity index (χ1v) is 3.93. The molecule has 3 heteroatoms. The molecular weight excluding hydrogens is 218 g/mol. The Morgan fingerprint density at radius 1 is 1.42 bits per heavy atom. The fraction of sp³-hybridized carbons (Fsp3) is 0.222. The van der Waals surface area contributed by atoms with Crippen LogP contribution in [0.1, 0.15) is 18.6 Å². The highest BCUT2D eigenvalue weighted by Crippen LogP contribution is 2.11. The summed E-state index contributed by atoms with van der Waals surface area (Å²) in [6.45, 7) is -6.04. The van der Waals surface area contributed by atoms with Crippen molar-refractivity contribution in [3.05, 3.63) is 34.3 Å². The van der Waals surface area contributed by atoms with Crippen molar-refractivity contribution in [1.29, 1.82) is 0 Å². The Labute approximate surface area is 88.7 Å². The summed E-state index contributed by atoms with van der Waals surface area (Å²) in [5, 5.41) is 0. The topological polar surface area (TPSA) is 20.3 Å². The molecule has 1 rings (SSSR count). The van der Waals surface area contributed by atoms with Gasteiger partial charge in [-0.25, -0.2) is 0 Å². The molecular formula is C9H10BrNO. The predicted molar refractivity (Wildman–Crippen MR) is 52.2 cm³/mol. The second kappa shape index (κ2) is 3.72. The summed E-state index contributed by atoms with van der Waals surface area (Å²) < 4.78 is 43.5. The maximum Gasteiger partial charge on any atom is 0.253 e. The molecule has 1 aromatic rings. The van der Waals surface area contributed by atoms with Crippen molar-refractivity contribution < 1.29 is 13.0 Å². The fourth-order valence-electron chi connectivity index (χ4n) is 0.722. The van der Waals surface area contributed by atoms with Gasteiger partial charge in [0.2, 0.25) is 0 Å². The van der Waals surface area contributed by atoms with Gasteiger partial charge in [0.25, 0.3) is 5.91 Å². The van der Waals surface area contributed by atoms with Crippen LogP contribution in [0.15, 0.2) is 28.7 Å². The Morgan fingerprint density at radius 3 is 2.50 bits per heavy atom. The maximum atomic E-state index is 11.9. The standard InChI is InChI=1S/C9H10BrNO/c1-11(2)9(12)7-3-5-8(10)6-4-7/h3-6H,1-2H3/i1D3,2D3. The highest BCUT2D eigenvalue weighted by molar-refractivity contribution is 9.10. The van der Waals surface area contributed by atoms with Crippen LogP contribution in [0.2, 0.25) is 0 Å². The van der Waals surface area contributed by atoms with Crippen LogP contribution in [-0.4, -0.2) is 24.8 Å². The second-order valence-corrected chi connectivity index (χ2v) is 3.06. The lowest BCUT2D eigenvalue weighted by Gasteiger charge is -2.09. The SMILES string of the molecule is [2H]C([2H])([2H])N(C(=O)c1ccc(Br)cc1)C([2H])([2H])[2H]. The Kier molecular flexibility index (Phi) is 1.21. The number of carbonyl (C=O) groups is 1. The zero-order valence-corrected chi connectivity index (χ0v) is 7.63. The molecule has 64 valence electrons. The molecule has 0 unspecified atom stereocenters. The third-order valence-corrected chi connectivity index (χ3v) is 1.82. The van der Waals surface area contributed by atoms with Crippen LogP contribution in [0, 0.1) is 0 Å². The summed E-state index contributed by atoms with van der Waals surface area (Å²) in [5.41, 5.74) is 0.00505. The van der Waals surface area contributed by atoms with Crippen LogP contribution < -0.4 is 0 Å². The Balaban J connectivity index is 3.16. The van der Waals surface area contributed by atoms with Crippen molar-refractivity contribution >= 4 is 21.8 Å². The first-order chi connectivity index (χ1) is 8.03. The lowest BCUT2D eigenvalue weighted by molar-refractivity contribution is 0.0827. The van der Waals surface area contributed by atoms with E-state index in [1.807, 2.05) is 0 Å². The van der Waals surface area contributed by atoms with E-state index >= 15 is 0 Å². The van der Waals surface area contributed by atoms with Crippen LogP contribution in [-0.2, 0) is 0 Å². The first-order valence-electron chi connectivity index (χ1n) is 6.14. The highest BCUT2D eigenvalue weighted by Gasteiger charge is 2.05. The predicted octanol–water partition coefficient (Wildman–Crippen LogP) is 2.15. The number of benzene rings is 1. The summed E-state index contributed by atoms with van der Waals surface area (Å²) in [4.78, 5) is 11.9. The molecule has 1 amide bonds. The molecule has 0 N–H and O–H groups in total. The van der Waals surface area contributed by atoms with E-state index in [-0.39, 0.29) is 10.5 Å². The summed E-state index contributed by atoms with van der Waals surface area (Å²) in [5.74, 6) is -1.05. The largest absolute Gasteiger partial charge is 0.345 e. The lowest BCUT2D eigenvalue weighted by Crippen LogP contribution is -2.21. The fourth-order valence-corrected chi connectivity index (χ4v) is 0.986. The Bertz CT molecular complexity index is 424. The van der Waals surface area contributed by atoms with Crippen molar-refractivity contribution in [2.45, 2.75) is 0 Å². The number of carbonyl (C=O) groups excluding carboxylic acids is 1. The third kappa shape index (κ3) is 2.08. The number of halogens is 1. The minimum Gasteiger partial charge on any atom is -0.345 e. The lowest BCUT2D eigenvalue weighted by atomic mass is 10.2. The maximum absolute atomic E-state index is 11.9. The molecule has 1 aromatic carbocycles. The molecule has 0 bridgehead atoms. The quantitative estimate of drug-likeness (QED) is 0.729. The molecule has 0 atom stereocenters. The molecule has 0 heterocycles.